The molecule has 1 heterocycles. The van der Waals surface area contributed by atoms with Gasteiger partial charge in [-0.2, -0.15) is 5.10 Å². The van der Waals surface area contributed by atoms with Gasteiger partial charge in [-0.1, -0.05) is 0 Å². The summed E-state index contributed by atoms with van der Waals surface area (Å²) in [6.45, 7) is 5.36. The second kappa shape index (κ2) is 5.63. The Balaban J connectivity index is 2.53. The van der Waals surface area contributed by atoms with Crippen molar-refractivity contribution in [1.29, 1.82) is 0 Å². The summed E-state index contributed by atoms with van der Waals surface area (Å²) in [6, 6.07) is 3.59. The first-order valence-electron chi connectivity index (χ1n) is 6.65. The summed E-state index contributed by atoms with van der Waals surface area (Å²) < 4.78 is 16.6. The molecular weight excluding hydrogens is 272 g/mol. The van der Waals surface area contributed by atoms with E-state index >= 15 is 0 Å². The number of methoxy groups -OCH3 is 2. The molecule has 1 aromatic carbocycles. The minimum Gasteiger partial charge on any atom is -0.493 e. The number of hydrogen-bond donors (Lipinski definition) is 1. The Labute approximate surface area is 124 Å². The van der Waals surface area contributed by atoms with Crippen LogP contribution >= 0.6 is 0 Å². The number of fused-ring (bicyclic) bond motifs is 1. The average molecular weight is 292 g/mol. The Hall–Kier alpha value is -2.24. The topological polar surface area (TPSA) is 69.2 Å². The van der Waals surface area contributed by atoms with Crippen LogP contribution < -0.4 is 19.6 Å². The number of nitrogens with zero attached hydrogens (tertiary/aromatic N) is 1. The minimum absolute atomic E-state index is 0.214. The summed E-state index contributed by atoms with van der Waals surface area (Å²) in [5.41, 5.74) is 3.61. The maximum atomic E-state index is 11.1. The lowest BCUT2D eigenvalue weighted by atomic mass is 9.92. The van der Waals surface area contributed by atoms with Crippen LogP contribution in [0.2, 0.25) is 0 Å². The van der Waals surface area contributed by atoms with Gasteiger partial charge in [-0.25, -0.2) is 5.43 Å². The zero-order valence-corrected chi connectivity index (χ0v) is 12.9. The van der Waals surface area contributed by atoms with E-state index in [1.54, 1.807) is 20.3 Å². The number of amides is 1. The maximum Gasteiger partial charge on any atom is 0.236 e. The van der Waals surface area contributed by atoms with Gasteiger partial charge in [-0.15, -0.1) is 0 Å². The van der Waals surface area contributed by atoms with Gasteiger partial charge in [0.15, 0.2) is 11.5 Å². The lowest BCUT2D eigenvalue weighted by molar-refractivity contribution is -0.118. The Morgan fingerprint density at radius 1 is 1.29 bits per heavy atom. The first-order chi connectivity index (χ1) is 9.86. The van der Waals surface area contributed by atoms with E-state index in [0.29, 0.717) is 23.7 Å². The first kappa shape index (κ1) is 15.2. The van der Waals surface area contributed by atoms with Crippen LogP contribution in [0, 0.1) is 0 Å². The van der Waals surface area contributed by atoms with Crippen LogP contribution in [0.3, 0.4) is 0 Å². The van der Waals surface area contributed by atoms with Crippen molar-refractivity contribution in [2.75, 3.05) is 14.2 Å². The fraction of sp³-hybridized carbons (Fsp3) is 0.467. The average Bonchev–Trinajstić information content (AvgIpc) is 2.42. The molecule has 0 radical (unpaired) electrons. The van der Waals surface area contributed by atoms with Crippen molar-refractivity contribution in [2.24, 2.45) is 5.10 Å². The highest BCUT2D eigenvalue weighted by Crippen LogP contribution is 2.40. The van der Waals surface area contributed by atoms with E-state index in [9.17, 15) is 4.79 Å². The summed E-state index contributed by atoms with van der Waals surface area (Å²) in [5.74, 6) is 1.63. The zero-order valence-electron chi connectivity index (χ0n) is 12.9. The normalized spacial score (nSPS) is 17.7. The Bertz CT molecular complexity index is 594. The van der Waals surface area contributed by atoms with E-state index in [4.69, 9.17) is 14.2 Å². The molecule has 2 rings (SSSR count). The molecule has 6 nitrogen and oxygen atoms in total. The third-order valence-corrected chi connectivity index (χ3v) is 3.12. The van der Waals surface area contributed by atoms with Gasteiger partial charge < -0.3 is 14.2 Å². The predicted octanol–water partition coefficient (Wildman–Crippen LogP) is 2.11. The van der Waals surface area contributed by atoms with Gasteiger partial charge in [0, 0.05) is 25.0 Å². The smallest absolute Gasteiger partial charge is 0.236 e. The first-order valence-corrected chi connectivity index (χ1v) is 6.65. The molecule has 1 aromatic rings. The second-order valence-corrected chi connectivity index (χ2v) is 5.47. The number of nitrogens with one attached hydrogen (secondary N) is 1. The third kappa shape index (κ3) is 3.26. The molecule has 1 aliphatic heterocycles. The molecule has 0 bridgehead atoms. The SMILES string of the molecule is COc1cc2c(cc1OC)C(=NNC(C)=O)CC(C)(C)O2. The van der Waals surface area contributed by atoms with Crippen LogP contribution in [-0.4, -0.2) is 31.4 Å². The molecule has 6 heteroatoms. The van der Waals surface area contributed by atoms with Crippen molar-refractivity contribution in [3.05, 3.63) is 17.7 Å². The van der Waals surface area contributed by atoms with E-state index in [1.165, 1.54) is 6.92 Å². The number of hydrogen-bond acceptors (Lipinski definition) is 5. The van der Waals surface area contributed by atoms with Gasteiger partial charge in [0.2, 0.25) is 5.91 Å². The van der Waals surface area contributed by atoms with Crippen LogP contribution in [-0.2, 0) is 4.79 Å². The Morgan fingerprint density at radius 2 is 1.90 bits per heavy atom. The minimum atomic E-state index is -0.413. The van der Waals surface area contributed by atoms with E-state index in [1.807, 2.05) is 19.9 Å². The van der Waals surface area contributed by atoms with Crippen molar-refractivity contribution in [2.45, 2.75) is 32.8 Å². The highest BCUT2D eigenvalue weighted by Gasteiger charge is 2.32. The zero-order chi connectivity index (χ0) is 15.6. The van der Waals surface area contributed by atoms with E-state index in [0.717, 1.165) is 11.3 Å². The molecule has 0 saturated carbocycles. The number of carbonyl (C=O) groups is 1. The lowest BCUT2D eigenvalue weighted by Gasteiger charge is -2.33. The van der Waals surface area contributed by atoms with Crippen LogP contribution in [0.5, 0.6) is 17.2 Å². The fourth-order valence-corrected chi connectivity index (χ4v) is 2.25. The quantitative estimate of drug-likeness (QED) is 0.866. The second-order valence-electron chi connectivity index (χ2n) is 5.47. The van der Waals surface area contributed by atoms with Crippen LogP contribution in [0.1, 0.15) is 32.8 Å². The van der Waals surface area contributed by atoms with Crippen molar-refractivity contribution in [3.63, 3.8) is 0 Å². The molecule has 0 spiro atoms. The van der Waals surface area contributed by atoms with Crippen molar-refractivity contribution in [1.82, 2.24) is 5.43 Å². The molecule has 1 amide bonds. The van der Waals surface area contributed by atoms with E-state index in [-0.39, 0.29) is 5.91 Å². The van der Waals surface area contributed by atoms with Crippen LogP contribution in [0.25, 0.3) is 0 Å². The van der Waals surface area contributed by atoms with E-state index < -0.39 is 5.60 Å². The molecule has 0 unspecified atom stereocenters. The van der Waals surface area contributed by atoms with Gasteiger partial charge in [-0.3, -0.25) is 4.79 Å². The summed E-state index contributed by atoms with van der Waals surface area (Å²) in [4.78, 5) is 11.1. The van der Waals surface area contributed by atoms with Gasteiger partial charge in [0.25, 0.3) is 0 Å². The number of benzene rings is 1. The van der Waals surface area contributed by atoms with Crippen molar-refractivity contribution < 1.29 is 19.0 Å². The molecule has 1 aliphatic rings. The Kier molecular flexibility index (Phi) is 4.06. The highest BCUT2D eigenvalue weighted by atomic mass is 16.5. The molecule has 0 saturated heterocycles. The summed E-state index contributed by atoms with van der Waals surface area (Å²) in [7, 11) is 3.15. The van der Waals surface area contributed by atoms with Crippen molar-refractivity contribution >= 4 is 11.6 Å². The fourth-order valence-electron chi connectivity index (χ4n) is 2.25. The van der Waals surface area contributed by atoms with Gasteiger partial charge in [0.05, 0.1) is 19.9 Å². The molecule has 0 aliphatic carbocycles. The molecule has 0 atom stereocenters. The molecular formula is C15H20N2O4. The summed E-state index contributed by atoms with van der Waals surface area (Å²) in [6.07, 6.45) is 0.579. The largest absolute Gasteiger partial charge is 0.493 e. The summed E-state index contributed by atoms with van der Waals surface area (Å²) >= 11 is 0. The summed E-state index contributed by atoms with van der Waals surface area (Å²) in [5, 5.41) is 4.19. The third-order valence-electron chi connectivity index (χ3n) is 3.12. The lowest BCUT2D eigenvalue weighted by Crippen LogP contribution is -2.37. The monoisotopic (exact) mass is 292 g/mol. The number of hydrazone groups is 1. The maximum absolute atomic E-state index is 11.1. The van der Waals surface area contributed by atoms with Gasteiger partial charge in [-0.05, 0) is 19.9 Å². The van der Waals surface area contributed by atoms with Crippen molar-refractivity contribution in [3.8, 4) is 17.2 Å². The highest BCUT2D eigenvalue weighted by molar-refractivity contribution is 6.05. The molecule has 1 N–H and O–H groups in total. The predicted molar refractivity (Wildman–Crippen MR) is 79.2 cm³/mol. The number of ether oxygens (including phenoxy) is 3. The number of rotatable bonds is 3. The number of carbonyl (C=O) groups excluding carboxylic acids is 1. The van der Waals surface area contributed by atoms with Gasteiger partial charge >= 0.3 is 0 Å². The molecule has 21 heavy (non-hydrogen) atoms. The molecule has 0 aromatic heterocycles. The van der Waals surface area contributed by atoms with E-state index in [2.05, 4.69) is 10.5 Å². The molecule has 0 fully saturated rings. The Morgan fingerprint density at radius 3 is 2.48 bits per heavy atom. The van der Waals surface area contributed by atoms with Crippen LogP contribution in [0.4, 0.5) is 0 Å². The standard InChI is InChI=1S/C15H20N2O4/c1-9(18)16-17-11-8-15(2,3)21-12-7-14(20-5)13(19-4)6-10(11)12/h6-7H,8H2,1-5H3,(H,16,18). The molecule has 114 valence electrons. The van der Waals surface area contributed by atoms with Gasteiger partial charge in [0.1, 0.15) is 11.4 Å². The van der Waals surface area contributed by atoms with Crippen LogP contribution in [0.15, 0.2) is 17.2 Å².